The Labute approximate surface area is 65.3 Å². The first-order valence-corrected chi connectivity index (χ1v) is 4.00. The lowest BCUT2D eigenvalue weighted by atomic mass is 9.95. The van der Waals surface area contributed by atoms with E-state index < -0.39 is 0 Å². The molecule has 0 saturated carbocycles. The Balaban J connectivity index is 2.41. The summed E-state index contributed by atoms with van der Waals surface area (Å²) < 4.78 is 5.12. The van der Waals surface area contributed by atoms with Gasteiger partial charge in [0.1, 0.15) is 0 Å². The molecule has 1 rings (SSSR count). The quantitative estimate of drug-likeness (QED) is 0.574. The number of rotatable bonds is 2. The van der Waals surface area contributed by atoms with E-state index in [1.165, 1.54) is 0 Å². The van der Waals surface area contributed by atoms with Crippen LogP contribution in [0.4, 0.5) is 0 Å². The van der Waals surface area contributed by atoms with Crippen LogP contribution in [0.3, 0.4) is 0 Å². The molecule has 0 bridgehead atoms. The summed E-state index contributed by atoms with van der Waals surface area (Å²) in [6.07, 6.45) is 1.01. The highest BCUT2D eigenvalue weighted by molar-refractivity contribution is 6.26. The highest BCUT2D eigenvalue weighted by atomic mass is 35.5. The summed E-state index contributed by atoms with van der Waals surface area (Å²) in [6.45, 7) is 2.71. The molecule has 1 fully saturated rings. The van der Waals surface area contributed by atoms with E-state index in [1.54, 1.807) is 0 Å². The van der Waals surface area contributed by atoms with Gasteiger partial charge in [0.25, 0.3) is 0 Å². The Hall–Kier alpha value is 0.540. The van der Waals surface area contributed by atoms with E-state index in [0.29, 0.717) is 12.5 Å². The molecular weight excluding hydrogens is 159 g/mol. The fourth-order valence-corrected chi connectivity index (χ4v) is 1.56. The molecule has 1 nitrogen and oxygen atoms in total. The summed E-state index contributed by atoms with van der Waals surface area (Å²) in [5, 5.41) is 0. The largest absolute Gasteiger partial charge is 0.373 e. The summed E-state index contributed by atoms with van der Waals surface area (Å²) in [5.41, 5.74) is 0. The molecule has 0 aromatic heterocycles. The fraction of sp³-hybridized carbons (Fsp3) is 1.00. The topological polar surface area (TPSA) is 9.23 Å². The number of hydrogen-bond donors (Lipinski definition) is 0. The van der Waals surface area contributed by atoms with E-state index in [-0.39, 0.29) is 11.0 Å². The molecule has 9 heavy (non-hydrogen) atoms. The fourth-order valence-electron chi connectivity index (χ4n) is 0.895. The summed E-state index contributed by atoms with van der Waals surface area (Å²) in [6, 6.07) is 0. The Morgan fingerprint density at radius 1 is 1.78 bits per heavy atom. The Kier molecular flexibility index (Phi) is 2.25. The van der Waals surface area contributed by atoms with Crippen LogP contribution in [0.15, 0.2) is 0 Å². The van der Waals surface area contributed by atoms with Crippen molar-refractivity contribution >= 4 is 23.2 Å². The normalized spacial score (nSPS) is 42.3. The highest BCUT2D eigenvalue weighted by Crippen LogP contribution is 2.36. The molecule has 3 heteroatoms. The summed E-state index contributed by atoms with van der Waals surface area (Å²) in [7, 11) is 0. The van der Waals surface area contributed by atoms with Crippen molar-refractivity contribution in [1.29, 1.82) is 0 Å². The molecule has 1 saturated heterocycles. The molecule has 2 atom stereocenters. The molecule has 2 unspecified atom stereocenters. The second kappa shape index (κ2) is 2.65. The van der Waals surface area contributed by atoms with E-state index in [4.69, 9.17) is 27.9 Å². The molecule has 1 aliphatic rings. The van der Waals surface area contributed by atoms with Crippen molar-refractivity contribution in [3.05, 3.63) is 0 Å². The number of hydrogen-bond acceptors (Lipinski definition) is 1. The molecular formula is C6H10Cl2O. The predicted octanol–water partition coefficient (Wildman–Crippen LogP) is 2.01. The van der Waals surface area contributed by atoms with Crippen LogP contribution >= 0.6 is 23.2 Å². The van der Waals surface area contributed by atoms with Gasteiger partial charge in [0, 0.05) is 0 Å². The Morgan fingerprint density at radius 3 is 2.56 bits per heavy atom. The van der Waals surface area contributed by atoms with Gasteiger partial charge in [-0.05, 0) is 6.42 Å². The van der Waals surface area contributed by atoms with Gasteiger partial charge in [0.05, 0.1) is 23.5 Å². The van der Waals surface area contributed by atoms with Crippen LogP contribution < -0.4 is 0 Å². The van der Waals surface area contributed by atoms with Crippen LogP contribution in [0.5, 0.6) is 0 Å². The van der Waals surface area contributed by atoms with Crippen molar-refractivity contribution in [2.45, 2.75) is 24.3 Å². The summed E-state index contributed by atoms with van der Waals surface area (Å²) >= 11 is 11.6. The van der Waals surface area contributed by atoms with Crippen LogP contribution in [-0.4, -0.2) is 23.5 Å². The smallest absolute Gasteiger partial charge is 0.0949 e. The Bertz CT molecular complexity index is 101. The number of halogens is 2. The first-order chi connectivity index (χ1) is 4.23. The van der Waals surface area contributed by atoms with Gasteiger partial charge in [0.15, 0.2) is 0 Å². The average molecular weight is 169 g/mol. The standard InChI is InChI=1S/C6H10Cl2O/c1-2-6(8)4-9-5(6)3-7/h5H,2-4H2,1H3. The van der Waals surface area contributed by atoms with E-state index in [1.807, 2.05) is 0 Å². The van der Waals surface area contributed by atoms with E-state index in [0.717, 1.165) is 6.42 Å². The van der Waals surface area contributed by atoms with Crippen molar-refractivity contribution in [2.75, 3.05) is 12.5 Å². The average Bonchev–Trinajstić information content (AvgIpc) is 1.85. The van der Waals surface area contributed by atoms with Crippen molar-refractivity contribution in [3.8, 4) is 0 Å². The van der Waals surface area contributed by atoms with Crippen molar-refractivity contribution in [2.24, 2.45) is 0 Å². The van der Waals surface area contributed by atoms with E-state index in [2.05, 4.69) is 6.92 Å². The monoisotopic (exact) mass is 168 g/mol. The molecule has 54 valence electrons. The maximum Gasteiger partial charge on any atom is 0.0949 e. The van der Waals surface area contributed by atoms with E-state index >= 15 is 0 Å². The van der Waals surface area contributed by atoms with Crippen LogP contribution in [-0.2, 0) is 4.74 Å². The minimum Gasteiger partial charge on any atom is -0.373 e. The lowest BCUT2D eigenvalue weighted by Gasteiger charge is -2.43. The highest BCUT2D eigenvalue weighted by Gasteiger charge is 2.44. The molecule has 0 radical (unpaired) electrons. The van der Waals surface area contributed by atoms with Gasteiger partial charge < -0.3 is 4.74 Å². The first kappa shape index (κ1) is 7.64. The first-order valence-electron chi connectivity index (χ1n) is 3.09. The molecule has 0 N–H and O–H groups in total. The SMILES string of the molecule is CCC1(Cl)COC1CCl. The maximum atomic E-state index is 6.05. The zero-order chi connectivity index (χ0) is 6.91. The van der Waals surface area contributed by atoms with Gasteiger partial charge in [-0.3, -0.25) is 0 Å². The molecule has 1 heterocycles. The molecule has 0 aliphatic carbocycles. The molecule has 1 aliphatic heterocycles. The third-order valence-electron chi connectivity index (χ3n) is 1.83. The third kappa shape index (κ3) is 1.19. The minimum atomic E-state index is -0.151. The van der Waals surface area contributed by atoms with Gasteiger partial charge in [0.2, 0.25) is 0 Å². The second-order valence-electron chi connectivity index (χ2n) is 2.34. The van der Waals surface area contributed by atoms with Crippen molar-refractivity contribution in [1.82, 2.24) is 0 Å². The van der Waals surface area contributed by atoms with Gasteiger partial charge in [-0.2, -0.15) is 0 Å². The molecule has 0 spiro atoms. The summed E-state index contributed by atoms with van der Waals surface area (Å²) in [4.78, 5) is -0.151. The van der Waals surface area contributed by atoms with Crippen molar-refractivity contribution < 1.29 is 4.74 Å². The van der Waals surface area contributed by atoms with Crippen LogP contribution in [0.2, 0.25) is 0 Å². The van der Waals surface area contributed by atoms with Crippen LogP contribution in [0, 0.1) is 0 Å². The number of alkyl halides is 2. The molecule has 0 aromatic rings. The molecule has 0 aromatic carbocycles. The zero-order valence-corrected chi connectivity index (χ0v) is 6.87. The van der Waals surface area contributed by atoms with E-state index in [9.17, 15) is 0 Å². The third-order valence-corrected chi connectivity index (χ3v) is 2.73. The summed E-state index contributed by atoms with van der Waals surface area (Å²) in [5.74, 6) is 0.511. The maximum absolute atomic E-state index is 6.05. The van der Waals surface area contributed by atoms with Gasteiger partial charge in [-0.25, -0.2) is 0 Å². The van der Waals surface area contributed by atoms with Crippen LogP contribution in [0.25, 0.3) is 0 Å². The van der Waals surface area contributed by atoms with Gasteiger partial charge in [-0.15, -0.1) is 23.2 Å². The predicted molar refractivity (Wildman–Crippen MR) is 39.3 cm³/mol. The zero-order valence-electron chi connectivity index (χ0n) is 5.36. The van der Waals surface area contributed by atoms with Gasteiger partial charge >= 0.3 is 0 Å². The Morgan fingerprint density at radius 2 is 2.44 bits per heavy atom. The number of ether oxygens (including phenoxy) is 1. The van der Waals surface area contributed by atoms with Gasteiger partial charge in [-0.1, -0.05) is 6.92 Å². The van der Waals surface area contributed by atoms with Crippen LogP contribution in [0.1, 0.15) is 13.3 Å². The minimum absolute atomic E-state index is 0.0748. The lowest BCUT2D eigenvalue weighted by Crippen LogP contribution is -2.54. The molecule has 0 amide bonds. The second-order valence-corrected chi connectivity index (χ2v) is 3.40. The van der Waals surface area contributed by atoms with Crippen molar-refractivity contribution in [3.63, 3.8) is 0 Å². The lowest BCUT2D eigenvalue weighted by molar-refractivity contribution is -0.0827.